The summed E-state index contributed by atoms with van der Waals surface area (Å²) in [6, 6.07) is 8.31. The molecule has 9 nitrogen and oxygen atoms in total. The molecule has 9 heteroatoms. The first-order valence-electron chi connectivity index (χ1n) is 10.6. The second kappa shape index (κ2) is 9.51. The average Bonchev–Trinajstić information content (AvgIpc) is 2.80. The lowest BCUT2D eigenvalue weighted by Crippen LogP contribution is -2.33. The quantitative estimate of drug-likeness (QED) is 0.440. The fraction of sp³-hybridized carbons (Fsp3) is 0.476. The molecule has 0 amide bonds. The van der Waals surface area contributed by atoms with Gasteiger partial charge >= 0.3 is 0 Å². The van der Waals surface area contributed by atoms with E-state index in [1.54, 1.807) is 18.3 Å². The molecule has 2 aliphatic heterocycles. The van der Waals surface area contributed by atoms with Crippen molar-refractivity contribution >= 4 is 29.5 Å². The highest BCUT2D eigenvalue weighted by molar-refractivity contribution is 5.81. The lowest BCUT2D eigenvalue weighted by Gasteiger charge is -2.31. The molecule has 1 aromatic heterocycles. The van der Waals surface area contributed by atoms with Gasteiger partial charge in [-0.25, -0.2) is 0 Å². The molecule has 0 atom stereocenters. The molecule has 2 saturated heterocycles. The molecule has 0 spiro atoms. The van der Waals surface area contributed by atoms with Crippen LogP contribution in [0.2, 0.25) is 0 Å². The maximum atomic E-state index is 10.9. The highest BCUT2D eigenvalue weighted by atomic mass is 16.6. The van der Waals surface area contributed by atoms with Crippen molar-refractivity contribution in [3.05, 3.63) is 46.0 Å². The Hall–Kier alpha value is -3.23. The molecule has 1 aromatic carbocycles. The topological polar surface area (TPSA) is 99.8 Å². The molecule has 2 aliphatic rings. The summed E-state index contributed by atoms with van der Waals surface area (Å²) in [5.74, 6) is 2.30. The van der Waals surface area contributed by atoms with E-state index in [1.165, 1.54) is 37.8 Å². The number of aromatic nitrogens is 2. The Morgan fingerprint density at radius 2 is 1.67 bits per heavy atom. The Bertz CT molecular complexity index is 870. The van der Waals surface area contributed by atoms with Crippen LogP contribution >= 0.6 is 0 Å². The zero-order chi connectivity index (χ0) is 20.8. The maximum absolute atomic E-state index is 10.9. The van der Waals surface area contributed by atoms with Crippen molar-refractivity contribution in [2.45, 2.75) is 38.5 Å². The molecule has 3 heterocycles. The highest BCUT2D eigenvalue weighted by Gasteiger charge is 2.19. The number of nitro benzene ring substituents is 1. The smallest absolute Gasteiger partial charge is 0.270 e. The lowest BCUT2D eigenvalue weighted by atomic mass is 10.1. The van der Waals surface area contributed by atoms with E-state index >= 15 is 0 Å². The minimum absolute atomic E-state index is 0.0424. The average molecular weight is 409 g/mol. The van der Waals surface area contributed by atoms with Crippen molar-refractivity contribution in [2.24, 2.45) is 5.10 Å². The van der Waals surface area contributed by atoms with Crippen molar-refractivity contribution in [1.29, 1.82) is 0 Å². The van der Waals surface area contributed by atoms with Crippen molar-refractivity contribution in [1.82, 2.24) is 9.97 Å². The third kappa shape index (κ3) is 5.03. The van der Waals surface area contributed by atoms with Gasteiger partial charge in [0.2, 0.25) is 5.95 Å². The molecule has 30 heavy (non-hydrogen) atoms. The number of hydrogen-bond donors (Lipinski definition) is 1. The molecule has 4 rings (SSSR count). The fourth-order valence-electron chi connectivity index (χ4n) is 3.89. The van der Waals surface area contributed by atoms with Gasteiger partial charge in [-0.2, -0.15) is 15.1 Å². The van der Waals surface area contributed by atoms with Gasteiger partial charge in [0.05, 0.1) is 11.1 Å². The van der Waals surface area contributed by atoms with E-state index in [-0.39, 0.29) is 5.69 Å². The second-order valence-corrected chi connectivity index (χ2v) is 7.73. The van der Waals surface area contributed by atoms with Gasteiger partial charge in [-0.05, 0) is 38.5 Å². The summed E-state index contributed by atoms with van der Waals surface area (Å²) in [6.07, 6.45) is 8.75. The zero-order valence-corrected chi connectivity index (χ0v) is 17.0. The maximum Gasteiger partial charge on any atom is 0.270 e. The van der Waals surface area contributed by atoms with Gasteiger partial charge in [-0.1, -0.05) is 12.1 Å². The summed E-state index contributed by atoms with van der Waals surface area (Å²) in [6.45, 7) is 3.96. The number of nitro groups is 1. The standard InChI is InChI=1S/C21H27N7O2/c29-28(30)18-9-7-8-17(14-18)16-22-25-19-15-20(26-10-3-1-4-11-26)24-21(23-19)27-12-5-2-6-13-27/h7-9,14-16H,1-6,10-13H2,(H,23,24,25)/b22-16+. The van der Waals surface area contributed by atoms with E-state index in [0.717, 1.165) is 50.8 Å². The van der Waals surface area contributed by atoms with Gasteiger partial charge in [0.1, 0.15) is 5.82 Å². The number of benzene rings is 1. The van der Waals surface area contributed by atoms with Crippen molar-refractivity contribution in [2.75, 3.05) is 41.4 Å². The molecule has 1 N–H and O–H groups in total. The summed E-state index contributed by atoms with van der Waals surface area (Å²) in [5.41, 5.74) is 3.69. The van der Waals surface area contributed by atoms with Gasteiger partial charge < -0.3 is 9.80 Å². The monoisotopic (exact) mass is 409 g/mol. The van der Waals surface area contributed by atoms with E-state index in [1.807, 2.05) is 6.07 Å². The fourth-order valence-corrected chi connectivity index (χ4v) is 3.89. The van der Waals surface area contributed by atoms with Gasteiger partial charge in [0.25, 0.3) is 5.69 Å². The predicted octanol–water partition coefficient (Wildman–Crippen LogP) is 3.81. The Kier molecular flexibility index (Phi) is 6.36. The third-order valence-electron chi connectivity index (χ3n) is 5.49. The SMILES string of the molecule is O=[N+]([O-])c1cccc(/C=N/Nc2cc(N3CCCCC3)nc(N3CCCCC3)n2)c1. The zero-order valence-electron chi connectivity index (χ0n) is 17.0. The minimum atomic E-state index is -0.412. The van der Waals surface area contributed by atoms with Crippen LogP contribution in [-0.4, -0.2) is 47.3 Å². The van der Waals surface area contributed by atoms with Crippen LogP contribution in [0.1, 0.15) is 44.1 Å². The first kappa shape index (κ1) is 20.1. The molecule has 158 valence electrons. The van der Waals surface area contributed by atoms with Crippen molar-refractivity contribution in [3.8, 4) is 0 Å². The van der Waals surface area contributed by atoms with Crippen LogP contribution in [0.5, 0.6) is 0 Å². The lowest BCUT2D eigenvalue weighted by molar-refractivity contribution is -0.384. The number of nitrogens with zero attached hydrogens (tertiary/aromatic N) is 6. The Labute approximate surface area is 176 Å². The van der Waals surface area contributed by atoms with Gasteiger partial charge in [-0.15, -0.1) is 0 Å². The van der Waals surface area contributed by atoms with Gasteiger partial charge in [-0.3, -0.25) is 15.5 Å². The predicted molar refractivity (Wildman–Crippen MR) is 118 cm³/mol. The summed E-state index contributed by atoms with van der Waals surface area (Å²) < 4.78 is 0. The molecule has 2 fully saturated rings. The minimum Gasteiger partial charge on any atom is -0.356 e. The van der Waals surface area contributed by atoms with E-state index in [4.69, 9.17) is 4.98 Å². The van der Waals surface area contributed by atoms with E-state index in [0.29, 0.717) is 11.4 Å². The van der Waals surface area contributed by atoms with Crippen molar-refractivity contribution < 1.29 is 4.92 Å². The normalized spacial score (nSPS) is 17.3. The first-order valence-corrected chi connectivity index (χ1v) is 10.6. The third-order valence-corrected chi connectivity index (χ3v) is 5.49. The number of rotatable bonds is 6. The number of anilines is 3. The molecule has 0 saturated carbocycles. The van der Waals surface area contributed by atoms with Crippen molar-refractivity contribution in [3.63, 3.8) is 0 Å². The number of nitrogens with one attached hydrogen (secondary N) is 1. The van der Waals surface area contributed by atoms with Crippen LogP contribution < -0.4 is 15.2 Å². The molecular formula is C21H27N7O2. The molecule has 0 unspecified atom stereocenters. The Morgan fingerprint density at radius 3 is 2.37 bits per heavy atom. The van der Waals surface area contributed by atoms with Crippen LogP contribution in [0, 0.1) is 10.1 Å². The number of non-ortho nitro benzene ring substituents is 1. The summed E-state index contributed by atoms with van der Waals surface area (Å²) >= 11 is 0. The van der Waals surface area contributed by atoms with Crippen LogP contribution in [0.25, 0.3) is 0 Å². The number of hydrogen-bond acceptors (Lipinski definition) is 8. The Balaban J connectivity index is 1.54. The molecule has 0 radical (unpaired) electrons. The molecular weight excluding hydrogens is 382 g/mol. The van der Waals surface area contributed by atoms with Gasteiger partial charge in [0.15, 0.2) is 5.82 Å². The molecule has 0 aliphatic carbocycles. The van der Waals surface area contributed by atoms with Crippen LogP contribution in [-0.2, 0) is 0 Å². The van der Waals surface area contributed by atoms with E-state index in [2.05, 4.69) is 25.3 Å². The number of hydrazone groups is 1. The first-order chi connectivity index (χ1) is 14.7. The highest BCUT2D eigenvalue weighted by Crippen LogP contribution is 2.25. The Morgan fingerprint density at radius 1 is 0.967 bits per heavy atom. The van der Waals surface area contributed by atoms with Crippen LogP contribution in [0.3, 0.4) is 0 Å². The van der Waals surface area contributed by atoms with E-state index < -0.39 is 4.92 Å². The molecule has 0 bridgehead atoms. The van der Waals surface area contributed by atoms with Crippen LogP contribution in [0.4, 0.5) is 23.3 Å². The van der Waals surface area contributed by atoms with E-state index in [9.17, 15) is 10.1 Å². The number of piperidine rings is 2. The second-order valence-electron chi connectivity index (χ2n) is 7.73. The summed E-state index contributed by atoms with van der Waals surface area (Å²) in [4.78, 5) is 24.6. The summed E-state index contributed by atoms with van der Waals surface area (Å²) in [5, 5.41) is 15.2. The largest absolute Gasteiger partial charge is 0.356 e. The molecule has 2 aromatic rings. The summed E-state index contributed by atoms with van der Waals surface area (Å²) in [7, 11) is 0. The van der Waals surface area contributed by atoms with Gasteiger partial charge in [0, 0.05) is 49.9 Å². The van der Waals surface area contributed by atoms with Crippen LogP contribution in [0.15, 0.2) is 35.4 Å².